The van der Waals surface area contributed by atoms with E-state index < -0.39 is 12.0 Å². The van der Waals surface area contributed by atoms with Crippen LogP contribution in [0.5, 0.6) is 11.5 Å². The van der Waals surface area contributed by atoms with Crippen molar-refractivity contribution in [2.24, 2.45) is 4.99 Å². The molecule has 0 N–H and O–H groups in total. The van der Waals surface area contributed by atoms with Crippen LogP contribution in [0.3, 0.4) is 0 Å². The molecule has 0 saturated carbocycles. The molecule has 6 rings (SSSR count). The van der Waals surface area contributed by atoms with E-state index in [2.05, 4.69) is 32.8 Å². The van der Waals surface area contributed by atoms with Crippen LogP contribution < -0.4 is 24.4 Å². The molecule has 0 aliphatic carbocycles. The van der Waals surface area contributed by atoms with Gasteiger partial charge in [-0.15, -0.1) is 0 Å². The van der Waals surface area contributed by atoms with Crippen LogP contribution in [0, 0.1) is 0 Å². The molecule has 0 saturated heterocycles. The standard InChI is InChI=1S/C35H31BrClN3O5S/c1-5-44-29-17-26(36)25(16-28(29)43-4)32-31(34(42)45-6-2)20(3)38-35-40(32)33(41)30(46-35)15-22-19-39(27-10-8-7-9-24(22)27)18-21-11-13-23(37)14-12-21/h7-17,19,32H,5-6,18H2,1-4H3/b30-15+/t32-/m1/s1. The Bertz CT molecular complexity index is 2180. The van der Waals surface area contributed by atoms with Crippen molar-refractivity contribution in [3.05, 3.63) is 124 Å². The van der Waals surface area contributed by atoms with E-state index in [4.69, 9.17) is 30.8 Å². The number of carbonyl (C=O) groups is 1. The van der Waals surface area contributed by atoms with Crippen molar-refractivity contribution in [2.75, 3.05) is 20.3 Å². The Kier molecular flexibility index (Phi) is 9.22. The van der Waals surface area contributed by atoms with Crippen molar-refractivity contribution in [2.45, 2.75) is 33.4 Å². The molecular formula is C35H31BrClN3O5S. The molecule has 3 aromatic carbocycles. The summed E-state index contributed by atoms with van der Waals surface area (Å²) >= 11 is 11.1. The van der Waals surface area contributed by atoms with Crippen molar-refractivity contribution in [3.8, 4) is 11.5 Å². The summed E-state index contributed by atoms with van der Waals surface area (Å²) in [5.74, 6) is 0.489. The average Bonchev–Trinajstić information content (AvgIpc) is 3.54. The lowest BCUT2D eigenvalue weighted by atomic mass is 9.95. The first-order valence-electron chi connectivity index (χ1n) is 14.8. The minimum absolute atomic E-state index is 0.181. The van der Waals surface area contributed by atoms with Gasteiger partial charge in [0.1, 0.15) is 0 Å². The first-order valence-corrected chi connectivity index (χ1v) is 16.7. The van der Waals surface area contributed by atoms with Crippen LogP contribution in [0.15, 0.2) is 92.4 Å². The Morgan fingerprint density at radius 3 is 2.57 bits per heavy atom. The largest absolute Gasteiger partial charge is 0.493 e. The minimum Gasteiger partial charge on any atom is -0.493 e. The number of carbonyl (C=O) groups excluding carboxylic acids is 1. The van der Waals surface area contributed by atoms with E-state index in [1.165, 1.54) is 11.3 Å². The molecule has 0 radical (unpaired) electrons. The average molecular weight is 721 g/mol. The molecule has 0 fully saturated rings. The number of rotatable bonds is 9. The second kappa shape index (κ2) is 13.3. The third-order valence-corrected chi connectivity index (χ3v) is 9.69. The molecule has 0 unspecified atom stereocenters. The van der Waals surface area contributed by atoms with Gasteiger partial charge in [0, 0.05) is 38.7 Å². The third-order valence-electron chi connectivity index (χ3n) is 7.77. The molecule has 5 aromatic rings. The summed E-state index contributed by atoms with van der Waals surface area (Å²) in [4.78, 5) is 33.0. The summed E-state index contributed by atoms with van der Waals surface area (Å²) in [5, 5.41) is 1.70. The van der Waals surface area contributed by atoms with Gasteiger partial charge in [0.25, 0.3) is 5.56 Å². The quantitative estimate of drug-likeness (QED) is 0.160. The number of aromatic nitrogens is 2. The molecule has 8 nitrogen and oxygen atoms in total. The Morgan fingerprint density at radius 1 is 1.09 bits per heavy atom. The van der Waals surface area contributed by atoms with Crippen LogP contribution >= 0.6 is 38.9 Å². The Labute approximate surface area is 282 Å². The second-order valence-electron chi connectivity index (χ2n) is 10.6. The highest BCUT2D eigenvalue weighted by Crippen LogP contribution is 2.41. The van der Waals surface area contributed by atoms with Gasteiger partial charge in [0.05, 0.1) is 42.2 Å². The molecule has 1 aliphatic heterocycles. The zero-order valence-corrected chi connectivity index (χ0v) is 28.8. The van der Waals surface area contributed by atoms with Gasteiger partial charge in [-0.1, -0.05) is 69.2 Å². The molecule has 1 aliphatic rings. The Hall–Kier alpha value is -4.12. The highest BCUT2D eigenvalue weighted by atomic mass is 79.9. The van der Waals surface area contributed by atoms with Gasteiger partial charge in [-0.25, -0.2) is 9.79 Å². The zero-order valence-electron chi connectivity index (χ0n) is 25.7. The number of thiazole rings is 1. The number of methoxy groups -OCH3 is 1. The number of halogens is 2. The topological polar surface area (TPSA) is 84.1 Å². The van der Waals surface area contributed by atoms with Gasteiger partial charge >= 0.3 is 5.97 Å². The van der Waals surface area contributed by atoms with Crippen LogP contribution in [0.4, 0.5) is 0 Å². The fourth-order valence-corrected chi connectivity index (χ4v) is 7.43. The van der Waals surface area contributed by atoms with Crippen LogP contribution in [-0.2, 0) is 16.1 Å². The van der Waals surface area contributed by atoms with E-state index >= 15 is 0 Å². The lowest BCUT2D eigenvalue weighted by Gasteiger charge is -2.26. The molecule has 2 aromatic heterocycles. The molecule has 236 valence electrons. The number of allylic oxidation sites excluding steroid dienone is 1. The first kappa shape index (κ1) is 31.8. The van der Waals surface area contributed by atoms with Gasteiger partial charge < -0.3 is 18.8 Å². The van der Waals surface area contributed by atoms with Crippen LogP contribution in [-0.4, -0.2) is 35.4 Å². The zero-order chi connectivity index (χ0) is 32.5. The third kappa shape index (κ3) is 5.92. The van der Waals surface area contributed by atoms with Crippen LogP contribution in [0.25, 0.3) is 17.0 Å². The highest BCUT2D eigenvalue weighted by Gasteiger charge is 2.35. The van der Waals surface area contributed by atoms with Gasteiger partial charge in [-0.3, -0.25) is 9.36 Å². The molecular weight excluding hydrogens is 690 g/mol. The molecule has 46 heavy (non-hydrogen) atoms. The summed E-state index contributed by atoms with van der Waals surface area (Å²) in [7, 11) is 1.55. The van der Waals surface area contributed by atoms with Crippen molar-refractivity contribution < 1.29 is 19.0 Å². The molecule has 3 heterocycles. The number of fused-ring (bicyclic) bond motifs is 2. The van der Waals surface area contributed by atoms with Gasteiger partial charge in [0.2, 0.25) is 0 Å². The highest BCUT2D eigenvalue weighted by molar-refractivity contribution is 9.10. The van der Waals surface area contributed by atoms with E-state index in [1.54, 1.807) is 37.7 Å². The van der Waals surface area contributed by atoms with Crippen LogP contribution in [0.2, 0.25) is 5.02 Å². The first-order chi connectivity index (χ1) is 22.2. The second-order valence-corrected chi connectivity index (χ2v) is 12.9. The van der Waals surface area contributed by atoms with E-state index in [0.29, 0.717) is 54.7 Å². The number of nitrogens with zero attached hydrogens (tertiary/aromatic N) is 3. The molecule has 0 spiro atoms. The van der Waals surface area contributed by atoms with E-state index in [1.807, 2.05) is 55.5 Å². The summed E-state index contributed by atoms with van der Waals surface area (Å²) in [6.45, 7) is 6.67. The SMILES string of the molecule is CCOC(=O)C1=C(C)N=c2s/c(=C/c3cn(Cc4ccc(Cl)cc4)c4ccccc34)c(=O)n2[C@@H]1c1cc(OC)c(OCC)cc1Br. The molecule has 11 heteroatoms. The number of hydrogen-bond donors (Lipinski definition) is 0. The normalized spacial score (nSPS) is 14.7. The summed E-state index contributed by atoms with van der Waals surface area (Å²) in [6, 6.07) is 18.6. The lowest BCUT2D eigenvalue weighted by Crippen LogP contribution is -2.40. The minimum atomic E-state index is -0.817. The molecule has 0 amide bonds. The van der Waals surface area contributed by atoms with E-state index in [-0.39, 0.29) is 17.7 Å². The summed E-state index contributed by atoms with van der Waals surface area (Å²) in [6.07, 6.45) is 3.96. The summed E-state index contributed by atoms with van der Waals surface area (Å²) in [5.41, 5.74) is 4.19. The predicted octanol–water partition coefficient (Wildman–Crippen LogP) is 6.62. The monoisotopic (exact) mass is 719 g/mol. The Morgan fingerprint density at radius 2 is 1.85 bits per heavy atom. The maximum Gasteiger partial charge on any atom is 0.338 e. The fourth-order valence-electron chi connectivity index (χ4n) is 5.72. The Balaban J connectivity index is 1.53. The van der Waals surface area contributed by atoms with Crippen molar-refractivity contribution in [1.29, 1.82) is 0 Å². The molecule has 1 atom stereocenters. The summed E-state index contributed by atoms with van der Waals surface area (Å²) < 4.78 is 21.8. The molecule has 0 bridgehead atoms. The fraction of sp³-hybridized carbons (Fsp3) is 0.229. The predicted molar refractivity (Wildman–Crippen MR) is 185 cm³/mol. The maximum atomic E-state index is 14.4. The van der Waals surface area contributed by atoms with Gasteiger partial charge in [-0.2, -0.15) is 0 Å². The number of para-hydroxylation sites is 1. The van der Waals surface area contributed by atoms with Crippen molar-refractivity contribution in [1.82, 2.24) is 9.13 Å². The smallest absolute Gasteiger partial charge is 0.338 e. The van der Waals surface area contributed by atoms with Gasteiger partial charge in [0.15, 0.2) is 16.3 Å². The number of hydrogen-bond acceptors (Lipinski definition) is 7. The van der Waals surface area contributed by atoms with E-state index in [0.717, 1.165) is 22.0 Å². The van der Waals surface area contributed by atoms with E-state index in [9.17, 15) is 9.59 Å². The number of ether oxygens (including phenoxy) is 3. The van der Waals surface area contributed by atoms with Gasteiger partial charge in [-0.05, 0) is 68.3 Å². The van der Waals surface area contributed by atoms with Crippen LogP contribution in [0.1, 0.15) is 43.5 Å². The van der Waals surface area contributed by atoms with Crippen molar-refractivity contribution >= 4 is 61.8 Å². The van der Waals surface area contributed by atoms with Crippen molar-refractivity contribution in [3.63, 3.8) is 0 Å². The lowest BCUT2D eigenvalue weighted by molar-refractivity contribution is -0.139. The number of esters is 1. The maximum absolute atomic E-state index is 14.4. The number of benzene rings is 3.